The van der Waals surface area contributed by atoms with Gasteiger partial charge in [-0.3, -0.25) is 4.79 Å². The number of rotatable bonds is 3. The number of hydrogen-bond acceptors (Lipinski definition) is 3. The lowest BCUT2D eigenvalue weighted by atomic mass is 9.93. The van der Waals surface area contributed by atoms with Crippen molar-refractivity contribution in [3.8, 4) is 0 Å². The number of carbonyl (C=O) groups is 1. The van der Waals surface area contributed by atoms with Crippen LogP contribution in [-0.4, -0.2) is 23.8 Å². The lowest BCUT2D eigenvalue weighted by Gasteiger charge is -2.14. The topological polar surface area (TPSA) is 46.5 Å². The minimum absolute atomic E-state index is 0.0801. The van der Waals surface area contributed by atoms with Crippen molar-refractivity contribution in [3.63, 3.8) is 0 Å². The van der Waals surface area contributed by atoms with Gasteiger partial charge in [0, 0.05) is 5.92 Å². The zero-order valence-electron chi connectivity index (χ0n) is 8.43. The minimum atomic E-state index is -0.322. The van der Waals surface area contributed by atoms with E-state index in [1.165, 1.54) is 5.56 Å². The highest BCUT2D eigenvalue weighted by molar-refractivity contribution is 5.72. The normalized spacial score (nSPS) is 25.3. The van der Waals surface area contributed by atoms with Gasteiger partial charge in [0.2, 0.25) is 0 Å². The van der Waals surface area contributed by atoms with Crippen molar-refractivity contribution in [1.29, 1.82) is 0 Å². The summed E-state index contributed by atoms with van der Waals surface area (Å²) >= 11 is 0. The Hall–Kier alpha value is -1.35. The molecule has 1 N–H and O–H groups in total. The fourth-order valence-corrected chi connectivity index (χ4v) is 1.97. The van der Waals surface area contributed by atoms with Gasteiger partial charge in [0.05, 0.1) is 13.0 Å². The van der Waals surface area contributed by atoms with E-state index in [0.717, 1.165) is 6.42 Å². The molecule has 0 aliphatic carbocycles. The minimum Gasteiger partial charge on any atom is -0.460 e. The van der Waals surface area contributed by atoms with Gasteiger partial charge in [0.15, 0.2) is 0 Å². The largest absolute Gasteiger partial charge is 0.460 e. The van der Waals surface area contributed by atoms with Crippen LogP contribution >= 0.6 is 0 Å². The molecule has 2 rings (SSSR count). The maximum absolute atomic E-state index is 11.1. The predicted molar refractivity (Wildman–Crippen MR) is 55.2 cm³/mol. The number of carbonyl (C=O) groups excluding carboxylic acids is 1. The summed E-state index contributed by atoms with van der Waals surface area (Å²) in [6.07, 6.45) is 0.885. The van der Waals surface area contributed by atoms with E-state index in [4.69, 9.17) is 9.84 Å². The van der Waals surface area contributed by atoms with Crippen molar-refractivity contribution in [3.05, 3.63) is 35.9 Å². The van der Waals surface area contributed by atoms with E-state index in [2.05, 4.69) is 0 Å². The van der Waals surface area contributed by atoms with E-state index in [1.807, 2.05) is 30.3 Å². The Morgan fingerprint density at radius 3 is 2.73 bits per heavy atom. The van der Waals surface area contributed by atoms with Crippen LogP contribution in [0.3, 0.4) is 0 Å². The maximum Gasteiger partial charge on any atom is 0.306 e. The second-order valence-corrected chi connectivity index (χ2v) is 3.86. The first-order chi connectivity index (χ1) is 7.29. The average molecular weight is 206 g/mol. The molecule has 0 aromatic heterocycles. The van der Waals surface area contributed by atoms with Gasteiger partial charge in [0.1, 0.15) is 6.10 Å². The fourth-order valence-electron chi connectivity index (χ4n) is 1.97. The van der Waals surface area contributed by atoms with Crippen LogP contribution < -0.4 is 0 Å². The molecular weight excluding hydrogens is 192 g/mol. The van der Waals surface area contributed by atoms with Crippen molar-refractivity contribution in [1.82, 2.24) is 0 Å². The number of aliphatic hydroxyl groups excluding tert-OH is 1. The second-order valence-electron chi connectivity index (χ2n) is 3.86. The number of esters is 1. The molecule has 2 atom stereocenters. The van der Waals surface area contributed by atoms with E-state index in [0.29, 0.717) is 6.42 Å². The van der Waals surface area contributed by atoms with Gasteiger partial charge < -0.3 is 9.84 Å². The third-order valence-electron chi connectivity index (χ3n) is 2.76. The zero-order chi connectivity index (χ0) is 10.7. The SMILES string of the molecule is O=C1C[C@H](Cc2ccccc2)[C@@H](CO)O1. The van der Waals surface area contributed by atoms with Crippen molar-refractivity contribution >= 4 is 5.97 Å². The van der Waals surface area contributed by atoms with Crippen LogP contribution in [0, 0.1) is 5.92 Å². The third kappa shape index (κ3) is 2.36. The highest BCUT2D eigenvalue weighted by atomic mass is 16.6. The molecule has 1 aliphatic heterocycles. The van der Waals surface area contributed by atoms with E-state index < -0.39 is 0 Å². The molecule has 1 aliphatic rings. The van der Waals surface area contributed by atoms with Crippen LogP contribution in [0.4, 0.5) is 0 Å². The Kier molecular flexibility index (Phi) is 3.02. The summed E-state index contributed by atoms with van der Waals surface area (Å²) in [6, 6.07) is 9.96. The predicted octanol–water partition coefficient (Wildman–Crippen LogP) is 1.15. The van der Waals surface area contributed by atoms with E-state index in [1.54, 1.807) is 0 Å². The van der Waals surface area contributed by atoms with Crippen molar-refractivity contribution in [2.45, 2.75) is 18.9 Å². The Labute approximate surface area is 88.7 Å². The Morgan fingerprint density at radius 1 is 1.33 bits per heavy atom. The van der Waals surface area contributed by atoms with Gasteiger partial charge in [0.25, 0.3) is 0 Å². The first kappa shape index (κ1) is 10.2. The Bertz CT molecular complexity index is 334. The molecule has 0 unspecified atom stereocenters. The van der Waals surface area contributed by atoms with Gasteiger partial charge in [-0.05, 0) is 12.0 Å². The monoisotopic (exact) mass is 206 g/mol. The number of ether oxygens (including phenoxy) is 1. The van der Waals surface area contributed by atoms with Crippen molar-refractivity contribution in [2.24, 2.45) is 5.92 Å². The summed E-state index contributed by atoms with van der Waals surface area (Å²) in [6.45, 7) is -0.0801. The van der Waals surface area contributed by atoms with Crippen LogP contribution in [0.2, 0.25) is 0 Å². The lowest BCUT2D eigenvalue weighted by molar-refractivity contribution is -0.142. The van der Waals surface area contributed by atoms with Crippen LogP contribution in [-0.2, 0) is 16.0 Å². The summed E-state index contributed by atoms with van der Waals surface area (Å²) in [5, 5.41) is 9.06. The van der Waals surface area contributed by atoms with E-state index in [9.17, 15) is 4.79 Å². The molecular formula is C12H14O3. The van der Waals surface area contributed by atoms with Gasteiger partial charge in [-0.15, -0.1) is 0 Å². The summed E-state index contributed by atoms with van der Waals surface area (Å²) in [7, 11) is 0. The Morgan fingerprint density at radius 2 is 2.07 bits per heavy atom. The molecule has 1 aromatic carbocycles. The van der Waals surface area contributed by atoms with Crippen LogP contribution in [0.5, 0.6) is 0 Å². The molecule has 3 heteroatoms. The number of aliphatic hydroxyl groups is 1. The highest BCUT2D eigenvalue weighted by Gasteiger charge is 2.33. The highest BCUT2D eigenvalue weighted by Crippen LogP contribution is 2.25. The molecule has 15 heavy (non-hydrogen) atoms. The number of benzene rings is 1. The smallest absolute Gasteiger partial charge is 0.306 e. The summed E-state index contributed by atoms with van der Waals surface area (Å²) in [4.78, 5) is 11.1. The molecule has 80 valence electrons. The standard InChI is InChI=1S/C12H14O3/c13-8-11-10(7-12(14)15-11)6-9-4-2-1-3-5-9/h1-5,10-11,13H,6-8H2/t10-,11+/m0/s1. The summed E-state index contributed by atoms with van der Waals surface area (Å²) < 4.78 is 5.01. The quantitative estimate of drug-likeness (QED) is 0.755. The fraction of sp³-hybridized carbons (Fsp3) is 0.417. The van der Waals surface area contributed by atoms with Gasteiger partial charge in [-0.1, -0.05) is 30.3 Å². The number of cyclic esters (lactones) is 1. The number of hydrogen-bond donors (Lipinski definition) is 1. The first-order valence-corrected chi connectivity index (χ1v) is 5.14. The first-order valence-electron chi connectivity index (χ1n) is 5.14. The van der Waals surface area contributed by atoms with Crippen molar-refractivity contribution in [2.75, 3.05) is 6.61 Å². The second kappa shape index (κ2) is 4.45. The zero-order valence-corrected chi connectivity index (χ0v) is 8.43. The molecule has 1 fully saturated rings. The molecule has 0 spiro atoms. The molecule has 3 nitrogen and oxygen atoms in total. The third-order valence-corrected chi connectivity index (χ3v) is 2.76. The van der Waals surface area contributed by atoms with Crippen LogP contribution in [0.1, 0.15) is 12.0 Å². The summed E-state index contributed by atoms with van der Waals surface area (Å²) in [5.74, 6) is -0.0834. The maximum atomic E-state index is 11.1. The summed E-state index contributed by atoms with van der Waals surface area (Å²) in [5.41, 5.74) is 1.18. The molecule has 0 bridgehead atoms. The Balaban J connectivity index is 2.03. The molecule has 1 saturated heterocycles. The average Bonchev–Trinajstić information content (AvgIpc) is 2.60. The van der Waals surface area contributed by atoms with Gasteiger partial charge in [-0.2, -0.15) is 0 Å². The van der Waals surface area contributed by atoms with Crippen molar-refractivity contribution < 1.29 is 14.6 Å². The molecule has 1 heterocycles. The molecule has 0 radical (unpaired) electrons. The van der Waals surface area contributed by atoms with Crippen LogP contribution in [0.25, 0.3) is 0 Å². The van der Waals surface area contributed by atoms with E-state index >= 15 is 0 Å². The molecule has 0 saturated carbocycles. The molecule has 1 aromatic rings. The van der Waals surface area contributed by atoms with E-state index in [-0.39, 0.29) is 24.6 Å². The van der Waals surface area contributed by atoms with Gasteiger partial charge >= 0.3 is 5.97 Å². The lowest BCUT2D eigenvalue weighted by Crippen LogP contribution is -2.22. The molecule has 0 amide bonds. The van der Waals surface area contributed by atoms with Gasteiger partial charge in [-0.25, -0.2) is 0 Å². The van der Waals surface area contributed by atoms with Crippen LogP contribution in [0.15, 0.2) is 30.3 Å².